The van der Waals surface area contributed by atoms with Gasteiger partial charge in [0.25, 0.3) is 5.78 Å². The van der Waals surface area contributed by atoms with E-state index in [0.29, 0.717) is 11.3 Å². The molecule has 0 amide bonds. The van der Waals surface area contributed by atoms with Crippen LogP contribution in [-0.4, -0.2) is 28.6 Å². The van der Waals surface area contributed by atoms with Gasteiger partial charge >= 0.3 is 5.97 Å². The molecule has 0 aliphatic heterocycles. The third-order valence-electron chi connectivity index (χ3n) is 2.15. The van der Waals surface area contributed by atoms with E-state index in [4.69, 9.17) is 0 Å². The van der Waals surface area contributed by atoms with Crippen LogP contribution < -0.4 is 0 Å². The topological polar surface area (TPSA) is 61.2 Å². The molecule has 0 unspecified atom stereocenters. The molecule has 0 saturated heterocycles. The lowest BCUT2D eigenvalue weighted by atomic mass is 10.2. The number of hydrogen-bond donors (Lipinski definition) is 0. The zero-order chi connectivity index (χ0) is 11.4. The van der Waals surface area contributed by atoms with Crippen LogP contribution in [0.5, 0.6) is 0 Å². The Labute approximate surface area is 88.0 Å². The van der Waals surface area contributed by atoms with Crippen LogP contribution in [0.1, 0.15) is 29.4 Å². The number of methoxy groups -OCH3 is 1. The summed E-state index contributed by atoms with van der Waals surface area (Å²) in [6, 6.07) is 0. The fourth-order valence-electron chi connectivity index (χ4n) is 1.31. The lowest BCUT2D eigenvalue weighted by Crippen LogP contribution is -2.16. The van der Waals surface area contributed by atoms with Crippen LogP contribution in [0.15, 0.2) is 6.20 Å². The molecule has 0 saturated carbocycles. The highest BCUT2D eigenvalue weighted by molar-refractivity contribution is 6.40. The van der Waals surface area contributed by atoms with Crippen LogP contribution in [0.4, 0.5) is 0 Å². The number of nitrogens with zero attached hydrogens (tertiary/aromatic N) is 2. The van der Waals surface area contributed by atoms with Gasteiger partial charge in [0.05, 0.1) is 18.9 Å². The Balaban J connectivity index is 2.96. The summed E-state index contributed by atoms with van der Waals surface area (Å²) in [5.41, 5.74) is 1.02. The first-order valence-corrected chi connectivity index (χ1v) is 4.76. The van der Waals surface area contributed by atoms with Gasteiger partial charge in [-0.05, 0) is 13.3 Å². The van der Waals surface area contributed by atoms with Gasteiger partial charge in [-0.15, -0.1) is 0 Å². The summed E-state index contributed by atoms with van der Waals surface area (Å²) in [4.78, 5) is 22.5. The van der Waals surface area contributed by atoms with Crippen molar-refractivity contribution in [1.29, 1.82) is 0 Å². The fraction of sp³-hybridized carbons (Fsp3) is 0.500. The number of aromatic nitrogens is 2. The smallest absolute Gasteiger partial charge is 0.379 e. The lowest BCUT2D eigenvalue weighted by molar-refractivity contribution is -0.135. The highest BCUT2D eigenvalue weighted by atomic mass is 16.5. The van der Waals surface area contributed by atoms with E-state index in [1.807, 2.05) is 6.92 Å². The van der Waals surface area contributed by atoms with E-state index in [-0.39, 0.29) is 0 Å². The van der Waals surface area contributed by atoms with E-state index in [9.17, 15) is 9.59 Å². The van der Waals surface area contributed by atoms with Crippen LogP contribution in [-0.2, 0) is 16.1 Å². The SMILES string of the molecule is CCCn1ncc(C(=O)C(=O)OC)c1C. The number of ketones is 1. The van der Waals surface area contributed by atoms with Crippen molar-refractivity contribution in [3.8, 4) is 0 Å². The Bertz CT molecular complexity index is 382. The largest absolute Gasteiger partial charge is 0.463 e. The van der Waals surface area contributed by atoms with Crippen molar-refractivity contribution in [2.24, 2.45) is 0 Å². The van der Waals surface area contributed by atoms with Gasteiger partial charge in [0.15, 0.2) is 0 Å². The molecular weight excluding hydrogens is 196 g/mol. The fourth-order valence-corrected chi connectivity index (χ4v) is 1.31. The lowest BCUT2D eigenvalue weighted by Gasteiger charge is -2.02. The highest BCUT2D eigenvalue weighted by Gasteiger charge is 2.21. The molecule has 0 aliphatic carbocycles. The van der Waals surface area contributed by atoms with Crippen molar-refractivity contribution < 1.29 is 14.3 Å². The van der Waals surface area contributed by atoms with Gasteiger partial charge in [-0.3, -0.25) is 9.48 Å². The maximum Gasteiger partial charge on any atom is 0.379 e. The molecule has 5 nitrogen and oxygen atoms in total. The molecule has 0 N–H and O–H groups in total. The average Bonchev–Trinajstić information content (AvgIpc) is 2.59. The standard InChI is InChI=1S/C10H14N2O3/c1-4-5-12-7(2)8(6-11-12)9(13)10(14)15-3/h6H,4-5H2,1-3H3. The summed E-state index contributed by atoms with van der Waals surface area (Å²) in [6.45, 7) is 4.52. The predicted molar refractivity (Wildman–Crippen MR) is 53.6 cm³/mol. The van der Waals surface area contributed by atoms with Crippen LogP contribution in [0.2, 0.25) is 0 Å². The van der Waals surface area contributed by atoms with Crippen molar-refractivity contribution in [2.75, 3.05) is 7.11 Å². The van der Waals surface area contributed by atoms with Crippen molar-refractivity contribution in [3.05, 3.63) is 17.5 Å². The van der Waals surface area contributed by atoms with Gasteiger partial charge in [-0.2, -0.15) is 5.10 Å². The Hall–Kier alpha value is -1.65. The van der Waals surface area contributed by atoms with Crippen molar-refractivity contribution in [2.45, 2.75) is 26.8 Å². The van der Waals surface area contributed by atoms with Crippen LogP contribution in [0, 0.1) is 6.92 Å². The highest BCUT2D eigenvalue weighted by Crippen LogP contribution is 2.09. The molecule has 1 aromatic heterocycles. The normalized spacial score (nSPS) is 10.1. The minimum atomic E-state index is -0.853. The molecule has 0 atom stereocenters. The Morgan fingerprint density at radius 3 is 2.73 bits per heavy atom. The summed E-state index contributed by atoms with van der Waals surface area (Å²) >= 11 is 0. The van der Waals surface area contributed by atoms with Gasteiger partial charge < -0.3 is 4.74 Å². The second-order valence-corrected chi connectivity index (χ2v) is 3.19. The number of Topliss-reactive ketones (excluding diaryl/α,β-unsaturated/α-hetero) is 1. The number of hydrogen-bond acceptors (Lipinski definition) is 4. The molecular formula is C10H14N2O3. The second-order valence-electron chi connectivity index (χ2n) is 3.19. The summed E-state index contributed by atoms with van der Waals surface area (Å²) < 4.78 is 6.07. The third-order valence-corrected chi connectivity index (χ3v) is 2.15. The molecule has 1 heterocycles. The van der Waals surface area contributed by atoms with Gasteiger partial charge in [-0.25, -0.2) is 4.79 Å². The summed E-state index contributed by atoms with van der Waals surface area (Å²) in [5.74, 6) is -1.49. The first-order valence-electron chi connectivity index (χ1n) is 4.76. The zero-order valence-corrected chi connectivity index (χ0v) is 9.11. The molecule has 0 radical (unpaired) electrons. The number of aryl methyl sites for hydroxylation is 1. The zero-order valence-electron chi connectivity index (χ0n) is 9.11. The average molecular weight is 210 g/mol. The van der Waals surface area contributed by atoms with Gasteiger partial charge in [0, 0.05) is 12.2 Å². The molecule has 0 aromatic carbocycles. The van der Waals surface area contributed by atoms with E-state index < -0.39 is 11.8 Å². The van der Waals surface area contributed by atoms with Gasteiger partial charge in [0.2, 0.25) is 0 Å². The Morgan fingerprint density at radius 1 is 1.53 bits per heavy atom. The number of carbonyl (C=O) groups excluding carboxylic acids is 2. The van der Waals surface area contributed by atoms with E-state index in [0.717, 1.165) is 13.0 Å². The monoisotopic (exact) mass is 210 g/mol. The van der Waals surface area contributed by atoms with Crippen LogP contribution in [0.3, 0.4) is 0 Å². The second kappa shape index (κ2) is 4.72. The third kappa shape index (κ3) is 2.23. The molecule has 0 bridgehead atoms. The summed E-state index contributed by atoms with van der Waals surface area (Å²) in [5, 5.41) is 4.03. The summed E-state index contributed by atoms with van der Waals surface area (Å²) in [7, 11) is 1.19. The molecule has 1 aromatic rings. The molecule has 15 heavy (non-hydrogen) atoms. The number of ether oxygens (including phenoxy) is 1. The van der Waals surface area contributed by atoms with E-state index in [2.05, 4.69) is 9.84 Å². The first-order chi connectivity index (χ1) is 7.11. The van der Waals surface area contributed by atoms with Crippen molar-refractivity contribution >= 4 is 11.8 Å². The van der Waals surface area contributed by atoms with Gasteiger partial charge in [-0.1, -0.05) is 6.92 Å². The first kappa shape index (κ1) is 11.4. The molecule has 1 rings (SSSR count). The van der Waals surface area contributed by atoms with E-state index in [1.165, 1.54) is 13.3 Å². The Kier molecular flexibility index (Phi) is 3.60. The molecule has 0 spiro atoms. The summed E-state index contributed by atoms with van der Waals surface area (Å²) in [6.07, 6.45) is 2.33. The van der Waals surface area contributed by atoms with Crippen LogP contribution >= 0.6 is 0 Å². The number of rotatable bonds is 4. The van der Waals surface area contributed by atoms with E-state index >= 15 is 0 Å². The van der Waals surface area contributed by atoms with Crippen molar-refractivity contribution in [1.82, 2.24) is 9.78 Å². The maximum absolute atomic E-state index is 11.5. The molecule has 5 heteroatoms. The Morgan fingerprint density at radius 2 is 2.20 bits per heavy atom. The number of carbonyl (C=O) groups is 2. The minimum Gasteiger partial charge on any atom is -0.463 e. The quantitative estimate of drug-likeness (QED) is 0.422. The van der Waals surface area contributed by atoms with Gasteiger partial charge in [0.1, 0.15) is 0 Å². The van der Waals surface area contributed by atoms with Crippen molar-refractivity contribution in [3.63, 3.8) is 0 Å². The predicted octanol–water partition coefficient (Wildman–Crippen LogP) is 0.957. The van der Waals surface area contributed by atoms with Crippen LogP contribution in [0.25, 0.3) is 0 Å². The molecule has 0 aliphatic rings. The maximum atomic E-state index is 11.5. The minimum absolute atomic E-state index is 0.315. The molecule has 82 valence electrons. The molecule has 0 fully saturated rings. The van der Waals surface area contributed by atoms with E-state index in [1.54, 1.807) is 11.6 Å². The number of esters is 1.